The molecule has 0 saturated carbocycles. The first-order valence-corrected chi connectivity index (χ1v) is 15.2. The average Bonchev–Trinajstić information content (AvgIpc) is 3.76. The standard InChI is InChI=1S/C31H37FN8O2/c1-3-42-30(41)35-20-7-13-39(18-20)29-23-16-33-27(21-14-19(2)15-24-22(21)17-34-38-24)26(32)28(23)36-25(37-29)6-10-31-8-4-11-40(31)12-5-9-31/h14-17,20H,3-13,18H2,1-2H3,(H,34,38)(H,35,41). The molecule has 0 bridgehead atoms. The minimum absolute atomic E-state index is 0.0827. The van der Waals surface area contributed by atoms with Gasteiger partial charge in [-0.05, 0) is 83.2 Å². The SMILES string of the molecule is CCOC(=O)NC1CCN(c2nc(CCC34CCCN3CCC4)nc3c(F)c(-c4cc(C)cc5[nH]ncc45)ncc23)C1. The summed E-state index contributed by atoms with van der Waals surface area (Å²) < 4.78 is 21.7. The highest BCUT2D eigenvalue weighted by molar-refractivity contribution is 5.98. The van der Waals surface area contributed by atoms with Crippen LogP contribution in [0.2, 0.25) is 0 Å². The van der Waals surface area contributed by atoms with Crippen LogP contribution >= 0.6 is 0 Å². The molecular weight excluding hydrogens is 535 g/mol. The number of aromatic amines is 1. The predicted molar refractivity (Wildman–Crippen MR) is 159 cm³/mol. The van der Waals surface area contributed by atoms with Crippen molar-refractivity contribution in [3.05, 3.63) is 41.7 Å². The van der Waals surface area contributed by atoms with E-state index >= 15 is 4.39 Å². The third kappa shape index (κ3) is 4.73. The van der Waals surface area contributed by atoms with Crippen molar-refractivity contribution in [2.45, 2.75) is 70.4 Å². The minimum atomic E-state index is -0.451. The molecule has 10 nitrogen and oxygen atoms in total. The Labute approximate surface area is 244 Å². The number of hydrogen-bond donors (Lipinski definition) is 2. The van der Waals surface area contributed by atoms with Crippen molar-refractivity contribution in [2.24, 2.45) is 0 Å². The van der Waals surface area contributed by atoms with Crippen LogP contribution in [0.3, 0.4) is 0 Å². The van der Waals surface area contributed by atoms with E-state index in [2.05, 4.69) is 30.3 Å². The van der Waals surface area contributed by atoms with E-state index in [4.69, 9.17) is 14.7 Å². The van der Waals surface area contributed by atoms with Gasteiger partial charge in [-0.1, -0.05) is 0 Å². The molecule has 220 valence electrons. The van der Waals surface area contributed by atoms with Crippen molar-refractivity contribution in [2.75, 3.05) is 37.7 Å². The summed E-state index contributed by atoms with van der Waals surface area (Å²) in [5, 5.41) is 11.5. The van der Waals surface area contributed by atoms with Crippen LogP contribution in [-0.2, 0) is 11.2 Å². The Kier molecular flexibility index (Phi) is 6.92. The summed E-state index contributed by atoms with van der Waals surface area (Å²) in [6.45, 7) is 7.64. The van der Waals surface area contributed by atoms with Crippen molar-refractivity contribution in [3.63, 3.8) is 0 Å². The molecular formula is C31H37FN8O2. The summed E-state index contributed by atoms with van der Waals surface area (Å²) in [4.78, 5) is 31.4. The lowest BCUT2D eigenvalue weighted by atomic mass is 9.89. The third-order valence-electron chi connectivity index (χ3n) is 9.38. The number of nitrogens with zero attached hydrogens (tertiary/aromatic N) is 6. The number of halogens is 1. The van der Waals surface area contributed by atoms with E-state index in [1.54, 1.807) is 19.3 Å². The first-order chi connectivity index (χ1) is 20.4. The van der Waals surface area contributed by atoms with Crippen LogP contribution in [0.25, 0.3) is 33.1 Å². The van der Waals surface area contributed by atoms with Crippen LogP contribution in [0.5, 0.6) is 0 Å². The number of pyridine rings is 1. The van der Waals surface area contributed by atoms with Crippen molar-refractivity contribution < 1.29 is 13.9 Å². The number of benzene rings is 1. The van der Waals surface area contributed by atoms with Gasteiger partial charge in [0.05, 0.1) is 29.7 Å². The summed E-state index contributed by atoms with van der Waals surface area (Å²) in [5.74, 6) is 0.875. The number of carbonyl (C=O) groups excluding carboxylic acids is 1. The Balaban J connectivity index is 1.28. The lowest BCUT2D eigenvalue weighted by molar-refractivity contribution is 0.149. The molecule has 42 heavy (non-hydrogen) atoms. The minimum Gasteiger partial charge on any atom is -0.450 e. The number of carbonyl (C=O) groups is 1. The maximum atomic E-state index is 16.6. The molecule has 3 fully saturated rings. The molecule has 3 saturated heterocycles. The van der Waals surface area contributed by atoms with E-state index < -0.39 is 11.9 Å². The highest BCUT2D eigenvalue weighted by Crippen LogP contribution is 2.42. The van der Waals surface area contributed by atoms with Crippen molar-refractivity contribution in [1.82, 2.24) is 35.4 Å². The van der Waals surface area contributed by atoms with E-state index in [-0.39, 0.29) is 22.8 Å². The van der Waals surface area contributed by atoms with Gasteiger partial charge in [0.1, 0.15) is 22.9 Å². The number of ether oxygens (including phenoxy) is 1. The van der Waals surface area contributed by atoms with Crippen LogP contribution in [-0.4, -0.2) is 80.5 Å². The topological polar surface area (TPSA) is 112 Å². The molecule has 3 aliphatic rings. The van der Waals surface area contributed by atoms with Gasteiger partial charge in [-0.3, -0.25) is 15.0 Å². The number of aryl methyl sites for hydroxylation is 2. The Morgan fingerprint density at radius 3 is 2.81 bits per heavy atom. The van der Waals surface area contributed by atoms with Gasteiger partial charge in [-0.25, -0.2) is 19.2 Å². The second-order valence-corrected chi connectivity index (χ2v) is 12.0. The molecule has 11 heteroatoms. The Morgan fingerprint density at radius 1 is 1.17 bits per heavy atom. The van der Waals surface area contributed by atoms with Gasteiger partial charge in [-0.2, -0.15) is 5.10 Å². The Morgan fingerprint density at radius 2 is 2.00 bits per heavy atom. The molecule has 3 aliphatic heterocycles. The van der Waals surface area contributed by atoms with Crippen LogP contribution in [0.15, 0.2) is 24.5 Å². The molecule has 1 aromatic carbocycles. The number of hydrogen-bond acceptors (Lipinski definition) is 8. The van der Waals surface area contributed by atoms with E-state index in [0.717, 1.165) is 42.4 Å². The lowest BCUT2D eigenvalue weighted by Gasteiger charge is -2.32. The van der Waals surface area contributed by atoms with Crippen LogP contribution in [0.1, 0.15) is 56.8 Å². The van der Waals surface area contributed by atoms with Gasteiger partial charge in [0.25, 0.3) is 0 Å². The van der Waals surface area contributed by atoms with Gasteiger partial charge >= 0.3 is 6.09 Å². The Bertz CT molecular complexity index is 1650. The summed E-state index contributed by atoms with van der Waals surface area (Å²) in [6.07, 6.45) is 10.3. The summed E-state index contributed by atoms with van der Waals surface area (Å²) in [5.41, 5.74) is 3.27. The average molecular weight is 573 g/mol. The number of rotatable bonds is 7. The van der Waals surface area contributed by atoms with Crippen LogP contribution in [0, 0.1) is 12.7 Å². The van der Waals surface area contributed by atoms with Crippen LogP contribution < -0.4 is 10.2 Å². The maximum absolute atomic E-state index is 16.6. The molecule has 4 aromatic rings. The van der Waals surface area contributed by atoms with Gasteiger partial charge in [0.2, 0.25) is 0 Å². The second kappa shape index (κ2) is 10.8. The number of H-pyrrole nitrogens is 1. The molecule has 1 atom stereocenters. The monoisotopic (exact) mass is 572 g/mol. The number of aromatic nitrogens is 5. The largest absolute Gasteiger partial charge is 0.450 e. The highest BCUT2D eigenvalue weighted by Gasteiger charge is 2.43. The van der Waals surface area contributed by atoms with E-state index in [1.165, 1.54) is 25.7 Å². The van der Waals surface area contributed by atoms with Crippen molar-refractivity contribution in [3.8, 4) is 11.3 Å². The van der Waals surface area contributed by atoms with Gasteiger partial charge in [-0.15, -0.1) is 0 Å². The van der Waals surface area contributed by atoms with Gasteiger partial charge < -0.3 is 15.0 Å². The second-order valence-electron chi connectivity index (χ2n) is 12.0. The smallest absolute Gasteiger partial charge is 0.407 e. The molecule has 1 amide bonds. The van der Waals surface area contributed by atoms with Crippen LogP contribution in [0.4, 0.5) is 15.0 Å². The van der Waals surface area contributed by atoms with E-state index in [9.17, 15) is 4.79 Å². The number of alkyl carbamates (subject to hydrolysis) is 1. The van der Waals surface area contributed by atoms with Crippen molar-refractivity contribution >= 4 is 33.7 Å². The molecule has 3 aromatic heterocycles. The number of anilines is 1. The molecule has 0 radical (unpaired) electrons. The quantitative estimate of drug-likeness (QED) is 0.322. The number of amides is 1. The fraction of sp³-hybridized carbons (Fsp3) is 0.516. The van der Waals surface area contributed by atoms with E-state index in [0.29, 0.717) is 48.7 Å². The fourth-order valence-electron chi connectivity index (χ4n) is 7.41. The summed E-state index contributed by atoms with van der Waals surface area (Å²) >= 11 is 0. The van der Waals surface area contributed by atoms with Gasteiger partial charge in [0, 0.05) is 42.2 Å². The summed E-state index contributed by atoms with van der Waals surface area (Å²) in [7, 11) is 0. The Hall–Kier alpha value is -3.86. The first-order valence-electron chi connectivity index (χ1n) is 15.2. The highest BCUT2D eigenvalue weighted by atomic mass is 19.1. The molecule has 7 rings (SSSR count). The zero-order chi connectivity index (χ0) is 28.8. The third-order valence-corrected chi connectivity index (χ3v) is 9.38. The number of nitrogens with one attached hydrogen (secondary N) is 2. The van der Waals surface area contributed by atoms with Gasteiger partial charge in [0.15, 0.2) is 5.82 Å². The molecule has 6 heterocycles. The summed E-state index contributed by atoms with van der Waals surface area (Å²) in [6, 6.07) is 3.85. The zero-order valence-corrected chi connectivity index (χ0v) is 24.2. The first kappa shape index (κ1) is 27.0. The molecule has 0 aliphatic carbocycles. The predicted octanol–water partition coefficient (Wildman–Crippen LogP) is 4.90. The molecule has 1 unspecified atom stereocenters. The maximum Gasteiger partial charge on any atom is 0.407 e. The number of fused-ring (bicyclic) bond motifs is 3. The van der Waals surface area contributed by atoms with Crippen molar-refractivity contribution in [1.29, 1.82) is 0 Å². The molecule has 2 N–H and O–H groups in total. The molecule has 0 spiro atoms. The zero-order valence-electron chi connectivity index (χ0n) is 24.2. The lowest BCUT2D eigenvalue weighted by Crippen LogP contribution is -2.38. The normalized spacial score (nSPS) is 20.1. The fourth-order valence-corrected chi connectivity index (χ4v) is 7.41. The van der Waals surface area contributed by atoms with E-state index in [1.807, 2.05) is 19.1 Å².